The predicted molar refractivity (Wildman–Crippen MR) is 75.0 cm³/mol. The van der Waals surface area contributed by atoms with Crippen molar-refractivity contribution in [2.75, 3.05) is 12.8 Å². The van der Waals surface area contributed by atoms with Crippen LogP contribution in [0.2, 0.25) is 0 Å². The molecule has 4 heteroatoms. The van der Waals surface area contributed by atoms with Gasteiger partial charge in [0.05, 0.1) is 5.03 Å². The summed E-state index contributed by atoms with van der Waals surface area (Å²) in [5, 5.41) is 4.44. The summed E-state index contributed by atoms with van der Waals surface area (Å²) in [6, 6.07) is 4.76. The van der Waals surface area contributed by atoms with Crippen molar-refractivity contribution in [3.05, 3.63) is 22.8 Å². The van der Waals surface area contributed by atoms with Gasteiger partial charge in [0.2, 0.25) is 0 Å². The van der Waals surface area contributed by atoms with Crippen LogP contribution in [-0.2, 0) is 0 Å². The summed E-state index contributed by atoms with van der Waals surface area (Å²) >= 11 is 5.22. The van der Waals surface area contributed by atoms with E-state index in [1.165, 1.54) is 19.3 Å². The number of nitrogens with one attached hydrogen (secondary N) is 1. The van der Waals surface area contributed by atoms with Crippen molar-refractivity contribution >= 4 is 27.7 Å². The van der Waals surface area contributed by atoms with Crippen LogP contribution in [0.4, 0.5) is 0 Å². The second-order valence-electron chi connectivity index (χ2n) is 3.70. The molecule has 1 heterocycles. The van der Waals surface area contributed by atoms with Gasteiger partial charge in [0, 0.05) is 16.7 Å². The van der Waals surface area contributed by atoms with Crippen LogP contribution in [-0.4, -0.2) is 23.8 Å². The minimum Gasteiger partial charge on any atom is -0.317 e. The normalized spacial score (nSPS) is 12.7. The molecule has 0 aliphatic carbocycles. The summed E-state index contributed by atoms with van der Waals surface area (Å²) < 4.78 is 1.04. The Labute approximate surface area is 111 Å². The Bertz CT molecular complexity index is 286. The number of rotatable bonds is 7. The summed E-state index contributed by atoms with van der Waals surface area (Å²) in [6.45, 7) is 2.23. The van der Waals surface area contributed by atoms with Crippen LogP contribution in [0, 0.1) is 0 Å². The van der Waals surface area contributed by atoms with Crippen LogP contribution in [0.15, 0.2) is 27.8 Å². The number of pyridine rings is 1. The molecule has 1 unspecified atom stereocenters. The fourth-order valence-corrected chi connectivity index (χ4v) is 2.55. The maximum atomic E-state index is 4.34. The fraction of sp³-hybridized carbons (Fsp3) is 0.583. The molecular formula is C12H19BrN2S. The Balaban J connectivity index is 2.18. The van der Waals surface area contributed by atoms with Crippen molar-refractivity contribution < 1.29 is 0 Å². The fourth-order valence-electron chi connectivity index (χ4n) is 1.51. The Morgan fingerprint density at radius 2 is 2.31 bits per heavy atom. The van der Waals surface area contributed by atoms with Crippen molar-refractivity contribution in [3.63, 3.8) is 0 Å². The summed E-state index contributed by atoms with van der Waals surface area (Å²) in [5.41, 5.74) is 0. The molecule has 0 aromatic carbocycles. The molecule has 90 valence electrons. The maximum Gasteiger partial charge on any atom is 0.0960 e. The Morgan fingerprint density at radius 3 is 2.88 bits per heavy atom. The molecule has 0 saturated carbocycles. The first-order valence-electron chi connectivity index (χ1n) is 5.68. The lowest BCUT2D eigenvalue weighted by molar-refractivity contribution is 0.504. The summed E-state index contributed by atoms with van der Waals surface area (Å²) in [4.78, 5) is 4.34. The van der Waals surface area contributed by atoms with Gasteiger partial charge >= 0.3 is 0 Å². The SMILES string of the molecule is CCC(CCCSc1ccc(Br)cn1)NC. The largest absolute Gasteiger partial charge is 0.317 e. The molecule has 0 bridgehead atoms. The number of nitrogens with zero attached hydrogens (tertiary/aromatic N) is 1. The lowest BCUT2D eigenvalue weighted by Gasteiger charge is -2.12. The monoisotopic (exact) mass is 302 g/mol. The highest BCUT2D eigenvalue weighted by molar-refractivity contribution is 9.10. The molecule has 1 aromatic rings. The third-order valence-corrected chi connectivity index (χ3v) is 4.05. The van der Waals surface area contributed by atoms with Crippen LogP contribution >= 0.6 is 27.7 Å². The van der Waals surface area contributed by atoms with E-state index in [2.05, 4.69) is 39.2 Å². The lowest BCUT2D eigenvalue weighted by Crippen LogP contribution is -2.23. The van der Waals surface area contributed by atoms with Gasteiger partial charge in [0.25, 0.3) is 0 Å². The average molecular weight is 303 g/mol. The molecule has 0 aliphatic heterocycles. The molecular weight excluding hydrogens is 284 g/mol. The van der Waals surface area contributed by atoms with E-state index in [-0.39, 0.29) is 0 Å². The molecule has 0 saturated heterocycles. The Hall–Kier alpha value is -0.0600. The van der Waals surface area contributed by atoms with Crippen molar-refractivity contribution in [2.45, 2.75) is 37.3 Å². The van der Waals surface area contributed by atoms with Crippen LogP contribution in [0.5, 0.6) is 0 Å². The number of halogens is 1. The third kappa shape index (κ3) is 5.32. The van der Waals surface area contributed by atoms with E-state index in [0.29, 0.717) is 6.04 Å². The summed E-state index contributed by atoms with van der Waals surface area (Å²) in [6.07, 6.45) is 5.54. The zero-order valence-electron chi connectivity index (χ0n) is 9.87. The molecule has 1 atom stereocenters. The topological polar surface area (TPSA) is 24.9 Å². The van der Waals surface area contributed by atoms with Crippen LogP contribution in [0.25, 0.3) is 0 Å². The molecule has 0 spiro atoms. The van der Waals surface area contributed by atoms with Gasteiger partial charge in [-0.15, -0.1) is 11.8 Å². The standard InChI is InChI=1S/C12H19BrN2S/c1-3-11(14-2)5-4-8-16-12-7-6-10(13)9-15-12/h6-7,9,11,14H,3-5,8H2,1-2H3. The molecule has 1 N–H and O–H groups in total. The quantitative estimate of drug-likeness (QED) is 0.614. The zero-order chi connectivity index (χ0) is 11.8. The van der Waals surface area contributed by atoms with E-state index in [1.54, 1.807) is 0 Å². The minimum absolute atomic E-state index is 0.665. The van der Waals surface area contributed by atoms with Crippen LogP contribution in [0.1, 0.15) is 26.2 Å². The molecule has 0 amide bonds. The molecule has 0 fully saturated rings. The Morgan fingerprint density at radius 1 is 1.50 bits per heavy atom. The molecule has 1 rings (SSSR count). The summed E-state index contributed by atoms with van der Waals surface area (Å²) in [5.74, 6) is 1.15. The predicted octanol–water partition coefficient (Wildman–Crippen LogP) is 3.71. The first-order valence-corrected chi connectivity index (χ1v) is 7.45. The highest BCUT2D eigenvalue weighted by atomic mass is 79.9. The van der Waals surface area contributed by atoms with E-state index in [4.69, 9.17) is 0 Å². The lowest BCUT2D eigenvalue weighted by atomic mass is 10.1. The second-order valence-corrected chi connectivity index (χ2v) is 5.73. The first-order chi connectivity index (χ1) is 7.76. The van der Waals surface area contributed by atoms with Crippen molar-refractivity contribution in [2.24, 2.45) is 0 Å². The molecule has 0 radical (unpaired) electrons. The highest BCUT2D eigenvalue weighted by Crippen LogP contribution is 2.19. The molecule has 2 nitrogen and oxygen atoms in total. The number of hydrogen-bond donors (Lipinski definition) is 1. The van der Waals surface area contributed by atoms with Gasteiger partial charge in [-0.3, -0.25) is 0 Å². The van der Waals surface area contributed by atoms with Crippen molar-refractivity contribution in [3.8, 4) is 0 Å². The van der Waals surface area contributed by atoms with Gasteiger partial charge in [0.15, 0.2) is 0 Å². The maximum absolute atomic E-state index is 4.34. The minimum atomic E-state index is 0.665. The van der Waals surface area contributed by atoms with Gasteiger partial charge in [-0.25, -0.2) is 4.98 Å². The van der Waals surface area contributed by atoms with E-state index < -0.39 is 0 Å². The van der Waals surface area contributed by atoms with E-state index in [9.17, 15) is 0 Å². The Kier molecular flexibility index (Phi) is 7.08. The van der Waals surface area contributed by atoms with E-state index in [0.717, 1.165) is 15.3 Å². The number of thioether (sulfide) groups is 1. The van der Waals surface area contributed by atoms with Gasteiger partial charge in [-0.1, -0.05) is 6.92 Å². The third-order valence-electron chi connectivity index (χ3n) is 2.55. The zero-order valence-corrected chi connectivity index (χ0v) is 12.3. The van der Waals surface area contributed by atoms with Gasteiger partial charge < -0.3 is 5.32 Å². The number of hydrogen-bond acceptors (Lipinski definition) is 3. The van der Waals surface area contributed by atoms with E-state index >= 15 is 0 Å². The van der Waals surface area contributed by atoms with Gasteiger partial charge in [-0.2, -0.15) is 0 Å². The average Bonchev–Trinajstić information content (AvgIpc) is 2.32. The van der Waals surface area contributed by atoms with Crippen molar-refractivity contribution in [1.29, 1.82) is 0 Å². The van der Waals surface area contributed by atoms with E-state index in [1.807, 2.05) is 31.1 Å². The number of aromatic nitrogens is 1. The molecule has 1 aromatic heterocycles. The van der Waals surface area contributed by atoms with Crippen LogP contribution in [0.3, 0.4) is 0 Å². The summed E-state index contributed by atoms with van der Waals surface area (Å²) in [7, 11) is 2.04. The van der Waals surface area contributed by atoms with Gasteiger partial charge in [-0.05, 0) is 60.1 Å². The molecule has 16 heavy (non-hydrogen) atoms. The van der Waals surface area contributed by atoms with Crippen molar-refractivity contribution in [1.82, 2.24) is 10.3 Å². The smallest absolute Gasteiger partial charge is 0.0960 e. The van der Waals surface area contributed by atoms with Gasteiger partial charge in [0.1, 0.15) is 0 Å². The highest BCUT2D eigenvalue weighted by Gasteiger charge is 2.02. The van der Waals surface area contributed by atoms with Crippen LogP contribution < -0.4 is 5.32 Å². The second kappa shape index (κ2) is 8.09. The molecule has 0 aliphatic rings. The first kappa shape index (κ1) is 14.0.